The summed E-state index contributed by atoms with van der Waals surface area (Å²) < 4.78 is 4.96. The fourth-order valence-corrected chi connectivity index (χ4v) is 2.75. The first-order valence-electron chi connectivity index (χ1n) is 8.14. The van der Waals surface area contributed by atoms with E-state index >= 15 is 0 Å². The summed E-state index contributed by atoms with van der Waals surface area (Å²) in [5.74, 6) is -0.800. The number of hydrogen-bond acceptors (Lipinski definition) is 4. The molecule has 0 bridgehead atoms. The molecule has 1 aliphatic rings. The molecule has 1 aromatic carbocycles. The summed E-state index contributed by atoms with van der Waals surface area (Å²) >= 11 is 0. The number of carbonyl (C=O) groups is 2. The zero-order valence-corrected chi connectivity index (χ0v) is 13.3. The van der Waals surface area contributed by atoms with Crippen LogP contribution in [0.25, 0.3) is 0 Å². The molecule has 1 aromatic heterocycles. The minimum atomic E-state index is -0.869. The highest BCUT2D eigenvalue weighted by Crippen LogP contribution is 2.40. The molecule has 0 radical (unpaired) electrons. The Bertz CT molecular complexity index is 707. The van der Waals surface area contributed by atoms with E-state index in [0.717, 1.165) is 18.4 Å². The van der Waals surface area contributed by atoms with Crippen LogP contribution in [0.15, 0.2) is 41.1 Å². The molecule has 6 heteroatoms. The van der Waals surface area contributed by atoms with Crippen LogP contribution >= 0.6 is 0 Å². The number of amides is 1. The third kappa shape index (κ3) is 4.22. The van der Waals surface area contributed by atoms with Crippen LogP contribution in [0.2, 0.25) is 0 Å². The van der Waals surface area contributed by atoms with E-state index in [1.54, 1.807) is 0 Å². The lowest BCUT2D eigenvalue weighted by Crippen LogP contribution is -2.37. The molecule has 24 heavy (non-hydrogen) atoms. The van der Waals surface area contributed by atoms with Gasteiger partial charge in [-0.1, -0.05) is 35.5 Å². The van der Waals surface area contributed by atoms with Gasteiger partial charge >= 0.3 is 5.97 Å². The van der Waals surface area contributed by atoms with E-state index in [9.17, 15) is 9.59 Å². The molecule has 1 atom stereocenters. The van der Waals surface area contributed by atoms with Gasteiger partial charge in [0.05, 0.1) is 5.69 Å². The summed E-state index contributed by atoms with van der Waals surface area (Å²) in [7, 11) is 0. The molecule has 2 aromatic rings. The summed E-state index contributed by atoms with van der Waals surface area (Å²) in [5.41, 5.74) is 2.23. The number of rotatable bonds is 8. The van der Waals surface area contributed by atoms with Gasteiger partial charge in [-0.15, -0.1) is 0 Å². The molecular weight excluding hydrogens is 308 g/mol. The smallest absolute Gasteiger partial charge is 0.303 e. The van der Waals surface area contributed by atoms with E-state index in [2.05, 4.69) is 10.5 Å². The van der Waals surface area contributed by atoms with Gasteiger partial charge in [0.25, 0.3) is 5.91 Å². The molecule has 6 nitrogen and oxygen atoms in total. The summed E-state index contributed by atoms with van der Waals surface area (Å²) in [4.78, 5) is 23.4. The van der Waals surface area contributed by atoms with Crippen LogP contribution in [-0.2, 0) is 11.2 Å². The minimum absolute atomic E-state index is 0.0108. The quantitative estimate of drug-likeness (QED) is 0.777. The van der Waals surface area contributed by atoms with Crippen LogP contribution in [0.3, 0.4) is 0 Å². The number of carboxylic acid groups (broad SMARTS) is 1. The van der Waals surface area contributed by atoms with Gasteiger partial charge in [0.1, 0.15) is 11.8 Å². The Morgan fingerprint density at radius 1 is 1.29 bits per heavy atom. The van der Waals surface area contributed by atoms with Crippen LogP contribution in [-0.4, -0.2) is 28.2 Å². The number of carbonyl (C=O) groups excluding carboxylic acids is 1. The molecule has 1 unspecified atom stereocenters. The highest BCUT2D eigenvalue weighted by atomic mass is 16.5. The Morgan fingerprint density at radius 3 is 2.71 bits per heavy atom. The van der Waals surface area contributed by atoms with Crippen LogP contribution in [0, 0.1) is 0 Å². The maximum Gasteiger partial charge on any atom is 0.303 e. The fraction of sp³-hybridized carbons (Fsp3) is 0.389. The van der Waals surface area contributed by atoms with E-state index < -0.39 is 5.97 Å². The van der Waals surface area contributed by atoms with Crippen molar-refractivity contribution in [2.75, 3.05) is 0 Å². The second-order valence-corrected chi connectivity index (χ2v) is 6.18. The van der Waals surface area contributed by atoms with Crippen molar-refractivity contribution in [3.63, 3.8) is 0 Å². The lowest BCUT2D eigenvalue weighted by molar-refractivity contribution is -0.137. The Morgan fingerprint density at radius 2 is 2.04 bits per heavy atom. The van der Waals surface area contributed by atoms with E-state index in [1.165, 1.54) is 6.26 Å². The van der Waals surface area contributed by atoms with Crippen molar-refractivity contribution in [2.45, 2.75) is 44.1 Å². The molecule has 3 rings (SSSR count). The molecule has 1 saturated carbocycles. The normalized spacial score (nSPS) is 15.0. The van der Waals surface area contributed by atoms with Gasteiger partial charge < -0.3 is 14.9 Å². The standard InChI is InChI=1S/C18H20N2O4/c21-16(22)9-8-14(10-12-4-2-1-3-5-12)19-18(23)15-11-24-20-17(15)13-6-7-13/h1-5,11,13-14H,6-10H2,(H,19,23)(H,21,22). The number of aliphatic carboxylic acids is 1. The van der Waals surface area contributed by atoms with Crippen molar-refractivity contribution in [3.8, 4) is 0 Å². The van der Waals surface area contributed by atoms with Crippen LogP contribution in [0.4, 0.5) is 0 Å². The van der Waals surface area contributed by atoms with Crippen molar-refractivity contribution in [1.29, 1.82) is 0 Å². The van der Waals surface area contributed by atoms with E-state index in [4.69, 9.17) is 9.63 Å². The summed E-state index contributed by atoms with van der Waals surface area (Å²) in [6.07, 6.45) is 4.40. The average molecular weight is 328 g/mol. The Kier molecular flexibility index (Phi) is 4.93. The van der Waals surface area contributed by atoms with Gasteiger partial charge in [-0.3, -0.25) is 9.59 Å². The number of aromatic nitrogens is 1. The third-order valence-corrected chi connectivity index (χ3v) is 4.17. The average Bonchev–Trinajstić information content (AvgIpc) is 3.30. The molecular formula is C18H20N2O4. The van der Waals surface area contributed by atoms with Gasteiger partial charge in [-0.25, -0.2) is 0 Å². The first-order valence-corrected chi connectivity index (χ1v) is 8.14. The molecule has 0 spiro atoms. The number of benzene rings is 1. The SMILES string of the molecule is O=C(O)CCC(Cc1ccccc1)NC(=O)c1conc1C1CC1. The second-order valence-electron chi connectivity index (χ2n) is 6.18. The number of hydrogen-bond donors (Lipinski definition) is 2. The monoisotopic (exact) mass is 328 g/mol. The highest BCUT2D eigenvalue weighted by Gasteiger charge is 2.32. The second kappa shape index (κ2) is 7.29. The third-order valence-electron chi connectivity index (χ3n) is 4.17. The van der Waals surface area contributed by atoms with E-state index in [-0.39, 0.29) is 18.4 Å². The van der Waals surface area contributed by atoms with Crippen molar-refractivity contribution in [3.05, 3.63) is 53.4 Å². The van der Waals surface area contributed by atoms with Crippen LogP contribution in [0.1, 0.15) is 53.2 Å². The zero-order chi connectivity index (χ0) is 16.9. The fourth-order valence-electron chi connectivity index (χ4n) is 2.75. The molecule has 1 amide bonds. The molecule has 2 N–H and O–H groups in total. The number of nitrogens with zero attached hydrogens (tertiary/aromatic N) is 1. The Balaban J connectivity index is 1.68. The first kappa shape index (κ1) is 16.2. The predicted octanol–water partition coefficient (Wildman–Crippen LogP) is 2.76. The minimum Gasteiger partial charge on any atom is -0.481 e. The Hall–Kier alpha value is -2.63. The largest absolute Gasteiger partial charge is 0.481 e. The highest BCUT2D eigenvalue weighted by molar-refractivity contribution is 5.95. The van der Waals surface area contributed by atoms with Gasteiger partial charge in [-0.05, 0) is 31.2 Å². The predicted molar refractivity (Wildman–Crippen MR) is 86.7 cm³/mol. The number of carboxylic acids is 1. The molecule has 1 fully saturated rings. The topological polar surface area (TPSA) is 92.4 Å². The lowest BCUT2D eigenvalue weighted by atomic mass is 10.0. The van der Waals surface area contributed by atoms with Crippen molar-refractivity contribution >= 4 is 11.9 Å². The summed E-state index contributed by atoms with van der Waals surface area (Å²) in [6, 6.07) is 9.46. The van der Waals surface area contributed by atoms with Crippen molar-refractivity contribution in [2.24, 2.45) is 0 Å². The van der Waals surface area contributed by atoms with Gasteiger partial charge in [0.2, 0.25) is 0 Å². The molecule has 0 saturated heterocycles. The maximum absolute atomic E-state index is 12.5. The summed E-state index contributed by atoms with van der Waals surface area (Å²) in [6.45, 7) is 0. The van der Waals surface area contributed by atoms with Crippen LogP contribution in [0.5, 0.6) is 0 Å². The van der Waals surface area contributed by atoms with E-state index in [0.29, 0.717) is 30.0 Å². The molecule has 126 valence electrons. The van der Waals surface area contributed by atoms with Crippen LogP contribution < -0.4 is 5.32 Å². The number of nitrogens with one attached hydrogen (secondary N) is 1. The van der Waals surface area contributed by atoms with Gasteiger partial charge in [-0.2, -0.15) is 0 Å². The van der Waals surface area contributed by atoms with Gasteiger partial charge in [0.15, 0.2) is 0 Å². The molecule has 1 heterocycles. The van der Waals surface area contributed by atoms with E-state index in [1.807, 2.05) is 30.3 Å². The van der Waals surface area contributed by atoms with Gasteiger partial charge in [0, 0.05) is 18.4 Å². The Labute approximate surface area is 139 Å². The van der Waals surface area contributed by atoms with Crippen molar-refractivity contribution in [1.82, 2.24) is 10.5 Å². The van der Waals surface area contributed by atoms with Crippen molar-refractivity contribution < 1.29 is 19.2 Å². The molecule has 0 aliphatic heterocycles. The zero-order valence-electron chi connectivity index (χ0n) is 13.3. The maximum atomic E-state index is 12.5. The summed E-state index contributed by atoms with van der Waals surface area (Å²) in [5, 5.41) is 15.8. The first-order chi connectivity index (χ1) is 11.6. The lowest BCUT2D eigenvalue weighted by Gasteiger charge is -2.18. The molecule has 1 aliphatic carbocycles.